The van der Waals surface area contributed by atoms with Crippen LogP contribution in [0.5, 0.6) is 0 Å². The summed E-state index contributed by atoms with van der Waals surface area (Å²) in [5.41, 5.74) is 2.78. The van der Waals surface area contributed by atoms with E-state index in [4.69, 9.17) is 4.42 Å². The average Bonchev–Trinajstić information content (AvgIpc) is 2.56. The molecule has 2 aromatic rings. The molecule has 4 heteroatoms. The molecule has 0 unspecified atom stereocenters. The van der Waals surface area contributed by atoms with E-state index in [1.807, 2.05) is 25.1 Å². The molecule has 0 aliphatic heterocycles. The Bertz CT molecular complexity index is 504. The number of hydrogen-bond acceptors (Lipinski definition) is 4. The maximum absolute atomic E-state index is 10.8. The summed E-state index contributed by atoms with van der Waals surface area (Å²) < 4.78 is 5.52. The molecule has 78 valence electrons. The van der Waals surface area contributed by atoms with Gasteiger partial charge in [0.1, 0.15) is 5.52 Å². The Balaban J connectivity index is 2.27. The molecule has 0 atom stereocenters. The van der Waals surface area contributed by atoms with Crippen molar-refractivity contribution in [3.05, 3.63) is 29.7 Å². The van der Waals surface area contributed by atoms with E-state index in [0.29, 0.717) is 11.6 Å². The summed E-state index contributed by atoms with van der Waals surface area (Å²) in [6.45, 7) is 3.55. The third-order valence-corrected chi connectivity index (χ3v) is 2.78. The quantitative estimate of drug-likeness (QED) is 0.782. The van der Waals surface area contributed by atoms with Crippen LogP contribution in [0, 0.1) is 6.92 Å². The van der Waals surface area contributed by atoms with Crippen LogP contribution in [0.2, 0.25) is 0 Å². The van der Waals surface area contributed by atoms with Gasteiger partial charge >= 0.3 is 0 Å². The molecule has 0 fully saturated rings. The molecule has 1 aromatic carbocycles. The summed E-state index contributed by atoms with van der Waals surface area (Å²) in [6, 6.07) is 5.87. The highest BCUT2D eigenvalue weighted by Crippen LogP contribution is 2.20. The fraction of sp³-hybridized carbons (Fsp3) is 0.273. The number of carbonyl (C=O) groups is 1. The van der Waals surface area contributed by atoms with Crippen LogP contribution in [-0.4, -0.2) is 10.1 Å². The first kappa shape index (κ1) is 10.2. The van der Waals surface area contributed by atoms with Crippen molar-refractivity contribution in [3.8, 4) is 0 Å². The van der Waals surface area contributed by atoms with E-state index in [-0.39, 0.29) is 5.12 Å². The molecule has 1 aromatic heterocycles. The van der Waals surface area contributed by atoms with Crippen molar-refractivity contribution in [3.63, 3.8) is 0 Å². The van der Waals surface area contributed by atoms with Crippen LogP contribution in [0.25, 0.3) is 11.1 Å². The fourth-order valence-corrected chi connectivity index (χ4v) is 1.75. The van der Waals surface area contributed by atoms with Crippen molar-refractivity contribution < 1.29 is 9.21 Å². The van der Waals surface area contributed by atoms with Gasteiger partial charge in [-0.05, 0) is 24.6 Å². The number of rotatable bonds is 2. The third-order valence-electron chi connectivity index (χ3n) is 1.99. The van der Waals surface area contributed by atoms with E-state index in [1.54, 1.807) is 0 Å². The van der Waals surface area contributed by atoms with E-state index < -0.39 is 0 Å². The molecular weight excluding hydrogens is 210 g/mol. The molecule has 0 radical (unpaired) electrons. The van der Waals surface area contributed by atoms with Crippen LogP contribution in [0.4, 0.5) is 0 Å². The van der Waals surface area contributed by atoms with Crippen molar-refractivity contribution in [2.45, 2.75) is 19.6 Å². The van der Waals surface area contributed by atoms with Gasteiger partial charge in [0, 0.05) is 6.92 Å². The number of fused-ring (bicyclic) bond motifs is 1. The normalized spacial score (nSPS) is 10.8. The molecule has 1 heterocycles. The Morgan fingerprint density at radius 2 is 2.33 bits per heavy atom. The highest BCUT2D eigenvalue weighted by Gasteiger charge is 2.06. The molecular formula is C11H11NO2S. The van der Waals surface area contributed by atoms with Gasteiger partial charge in [-0.2, -0.15) is 0 Å². The van der Waals surface area contributed by atoms with Crippen LogP contribution >= 0.6 is 11.8 Å². The van der Waals surface area contributed by atoms with Gasteiger partial charge in [-0.3, -0.25) is 4.79 Å². The molecule has 2 rings (SSSR count). The van der Waals surface area contributed by atoms with Crippen molar-refractivity contribution in [1.82, 2.24) is 4.98 Å². The van der Waals surface area contributed by atoms with Crippen LogP contribution in [-0.2, 0) is 10.5 Å². The molecule has 3 nitrogen and oxygen atoms in total. The number of carbonyl (C=O) groups excluding carboxylic acids is 1. The molecule has 0 aliphatic rings. The van der Waals surface area contributed by atoms with Gasteiger partial charge in [-0.1, -0.05) is 17.8 Å². The number of oxazole rings is 1. The maximum atomic E-state index is 10.8. The predicted molar refractivity (Wildman–Crippen MR) is 60.7 cm³/mol. The van der Waals surface area contributed by atoms with Crippen molar-refractivity contribution in [2.24, 2.45) is 0 Å². The molecule has 0 saturated carbocycles. The zero-order valence-corrected chi connectivity index (χ0v) is 9.43. The van der Waals surface area contributed by atoms with Crippen molar-refractivity contribution >= 4 is 28.0 Å². The lowest BCUT2D eigenvalue weighted by Gasteiger charge is -1.89. The van der Waals surface area contributed by atoms with E-state index in [2.05, 4.69) is 4.98 Å². The summed E-state index contributed by atoms with van der Waals surface area (Å²) >= 11 is 1.21. The number of thioether (sulfide) groups is 1. The molecule has 0 bridgehead atoms. The second-order valence-corrected chi connectivity index (χ2v) is 4.51. The lowest BCUT2D eigenvalue weighted by molar-refractivity contribution is -0.109. The highest BCUT2D eigenvalue weighted by atomic mass is 32.2. The zero-order valence-electron chi connectivity index (χ0n) is 8.61. The third kappa shape index (κ3) is 2.39. The molecule has 0 spiro atoms. The summed E-state index contributed by atoms with van der Waals surface area (Å²) in [7, 11) is 0. The lowest BCUT2D eigenvalue weighted by Crippen LogP contribution is -1.84. The van der Waals surface area contributed by atoms with E-state index in [1.165, 1.54) is 18.7 Å². The fourth-order valence-electron chi connectivity index (χ4n) is 1.30. The lowest BCUT2D eigenvalue weighted by atomic mass is 10.2. The first-order valence-corrected chi connectivity index (χ1v) is 5.63. The van der Waals surface area contributed by atoms with E-state index in [9.17, 15) is 4.79 Å². The number of aromatic nitrogens is 1. The second kappa shape index (κ2) is 4.06. The molecule has 0 aliphatic carbocycles. The van der Waals surface area contributed by atoms with E-state index in [0.717, 1.165) is 16.7 Å². The Hall–Kier alpha value is -1.29. The van der Waals surface area contributed by atoms with E-state index >= 15 is 0 Å². The topological polar surface area (TPSA) is 43.1 Å². The summed E-state index contributed by atoms with van der Waals surface area (Å²) in [6.07, 6.45) is 0. The van der Waals surface area contributed by atoms with Gasteiger partial charge in [-0.15, -0.1) is 0 Å². The van der Waals surface area contributed by atoms with Gasteiger partial charge in [0.25, 0.3) is 0 Å². The Morgan fingerprint density at radius 3 is 3.07 bits per heavy atom. The van der Waals surface area contributed by atoms with Crippen LogP contribution in [0.1, 0.15) is 18.4 Å². The van der Waals surface area contributed by atoms with Crippen LogP contribution < -0.4 is 0 Å². The van der Waals surface area contributed by atoms with Crippen LogP contribution in [0.15, 0.2) is 22.6 Å². The molecule has 0 amide bonds. The van der Waals surface area contributed by atoms with Crippen molar-refractivity contribution in [1.29, 1.82) is 0 Å². The number of nitrogens with zero attached hydrogens (tertiary/aromatic N) is 1. The minimum Gasteiger partial charge on any atom is -0.440 e. The standard InChI is InChI=1S/C11H11NO2S/c1-7-3-4-9-10(5-7)14-11(12-9)6-15-8(2)13/h3-5H,6H2,1-2H3. The Kier molecular flexibility index (Phi) is 2.77. The van der Waals surface area contributed by atoms with Gasteiger partial charge in [0.15, 0.2) is 10.7 Å². The first-order valence-electron chi connectivity index (χ1n) is 4.64. The molecule has 0 saturated heterocycles. The zero-order chi connectivity index (χ0) is 10.8. The SMILES string of the molecule is CC(=O)SCc1nc2ccc(C)cc2o1. The van der Waals surface area contributed by atoms with Crippen molar-refractivity contribution in [2.75, 3.05) is 0 Å². The smallest absolute Gasteiger partial charge is 0.205 e. The van der Waals surface area contributed by atoms with Crippen LogP contribution in [0.3, 0.4) is 0 Å². The first-order chi connectivity index (χ1) is 7.15. The Morgan fingerprint density at radius 1 is 1.53 bits per heavy atom. The molecule has 0 N–H and O–H groups in total. The predicted octanol–water partition coefficient (Wildman–Crippen LogP) is 2.92. The summed E-state index contributed by atoms with van der Waals surface area (Å²) in [5.74, 6) is 1.11. The van der Waals surface area contributed by atoms with Gasteiger partial charge in [0.2, 0.25) is 5.89 Å². The number of benzene rings is 1. The minimum atomic E-state index is 0.0773. The highest BCUT2D eigenvalue weighted by molar-refractivity contribution is 8.12. The number of aryl methyl sites for hydroxylation is 1. The van der Waals surface area contributed by atoms with Gasteiger partial charge in [0.05, 0.1) is 5.75 Å². The number of hydrogen-bond donors (Lipinski definition) is 0. The van der Waals surface area contributed by atoms with Gasteiger partial charge < -0.3 is 4.42 Å². The summed E-state index contributed by atoms with van der Waals surface area (Å²) in [4.78, 5) is 15.1. The van der Waals surface area contributed by atoms with Gasteiger partial charge in [-0.25, -0.2) is 4.98 Å². The molecule has 15 heavy (non-hydrogen) atoms. The monoisotopic (exact) mass is 221 g/mol. The second-order valence-electron chi connectivity index (χ2n) is 3.36. The largest absolute Gasteiger partial charge is 0.440 e. The minimum absolute atomic E-state index is 0.0773. The Labute approximate surface area is 91.9 Å². The summed E-state index contributed by atoms with van der Waals surface area (Å²) in [5, 5.41) is 0.0773. The maximum Gasteiger partial charge on any atom is 0.205 e. The average molecular weight is 221 g/mol.